The van der Waals surface area contributed by atoms with Crippen molar-refractivity contribution >= 4 is 38.6 Å². The van der Waals surface area contributed by atoms with E-state index in [-0.39, 0.29) is 18.4 Å². The minimum absolute atomic E-state index is 0.0568. The second-order valence-electron chi connectivity index (χ2n) is 10.2. The maximum absolute atomic E-state index is 13.4. The van der Waals surface area contributed by atoms with Crippen molar-refractivity contribution in [3.8, 4) is 11.3 Å². The van der Waals surface area contributed by atoms with Gasteiger partial charge in [0.05, 0.1) is 15.9 Å². The van der Waals surface area contributed by atoms with Crippen molar-refractivity contribution in [2.75, 3.05) is 17.6 Å². The first-order chi connectivity index (χ1) is 19.7. The molecule has 4 aromatic rings. The summed E-state index contributed by atoms with van der Waals surface area (Å²) in [5.41, 5.74) is 3.73. The number of para-hydroxylation sites is 1. The Balaban J connectivity index is 1.39. The predicted molar refractivity (Wildman–Crippen MR) is 160 cm³/mol. The molecule has 4 rings (SSSR count). The molecule has 0 aliphatic heterocycles. The van der Waals surface area contributed by atoms with Gasteiger partial charge in [0, 0.05) is 34.7 Å². The average molecular weight is 576 g/mol. The van der Waals surface area contributed by atoms with Crippen LogP contribution in [0, 0.1) is 5.92 Å². The molecule has 1 aromatic heterocycles. The van der Waals surface area contributed by atoms with Crippen LogP contribution in [0.25, 0.3) is 22.3 Å². The van der Waals surface area contributed by atoms with Crippen LogP contribution in [0.3, 0.4) is 0 Å². The summed E-state index contributed by atoms with van der Waals surface area (Å²) in [7, 11) is -4.39. The third kappa shape index (κ3) is 9.03. The molecule has 0 saturated carbocycles. The van der Waals surface area contributed by atoms with Gasteiger partial charge in [-0.3, -0.25) is 9.59 Å². The Bertz CT molecular complexity index is 1530. The fourth-order valence-electron chi connectivity index (χ4n) is 4.70. The quantitative estimate of drug-likeness (QED) is 0.137. The second kappa shape index (κ2) is 14.1. The lowest BCUT2D eigenvalue weighted by atomic mass is 9.92. The number of hydrogen-bond donors (Lipinski definition) is 2. The van der Waals surface area contributed by atoms with Crippen LogP contribution >= 0.6 is 0 Å². The maximum Gasteiger partial charge on any atom is 0.251 e. The first-order valence-corrected chi connectivity index (χ1v) is 15.5. The largest absolute Gasteiger partial charge is 0.748 e. The van der Waals surface area contributed by atoms with Gasteiger partial charge in [-0.25, -0.2) is 8.42 Å². The molecule has 0 spiro atoms. The molecule has 0 aliphatic carbocycles. The van der Waals surface area contributed by atoms with Crippen molar-refractivity contribution in [2.45, 2.75) is 45.4 Å². The van der Waals surface area contributed by atoms with Gasteiger partial charge >= 0.3 is 0 Å². The lowest BCUT2D eigenvalue weighted by Crippen LogP contribution is -2.29. The third-order valence-electron chi connectivity index (χ3n) is 6.98. The molecule has 3 aromatic carbocycles. The number of furan rings is 1. The molecule has 9 heteroatoms. The predicted octanol–water partition coefficient (Wildman–Crippen LogP) is 6.14. The van der Waals surface area contributed by atoms with Crippen LogP contribution in [0.1, 0.15) is 54.9 Å². The summed E-state index contributed by atoms with van der Waals surface area (Å²) < 4.78 is 38.2. The standard InChI is InChI=1S/C32H36N2O6S/c1-2-3-4-5-9-27(21-23-11-13-25(14-12-23)31(35)33-19-20-41(37,38)39)32(36)34-28-17-15-24(16-18-28)30-22-26-8-6-7-10-29(26)40-30/h6-8,10-18,22,27H,2-5,9,19-21H2,1H3,(H,33,35)(H,34,36)(H,37,38,39)/p-1. The molecule has 0 bridgehead atoms. The topological polar surface area (TPSA) is 129 Å². The van der Waals surface area contributed by atoms with Crippen LogP contribution < -0.4 is 10.6 Å². The molecule has 0 radical (unpaired) electrons. The fourth-order valence-corrected chi connectivity index (χ4v) is 5.05. The van der Waals surface area contributed by atoms with Crippen molar-refractivity contribution < 1.29 is 27.0 Å². The number of fused-ring (bicyclic) bond motifs is 1. The van der Waals surface area contributed by atoms with Crippen LogP contribution in [0.4, 0.5) is 5.69 Å². The van der Waals surface area contributed by atoms with Gasteiger partial charge in [-0.05, 0) is 66.9 Å². The lowest BCUT2D eigenvalue weighted by Gasteiger charge is -2.17. The normalized spacial score (nSPS) is 12.2. The number of carbonyl (C=O) groups is 2. The van der Waals surface area contributed by atoms with E-state index in [4.69, 9.17) is 4.42 Å². The highest BCUT2D eigenvalue weighted by Crippen LogP contribution is 2.29. The molecule has 1 heterocycles. The Morgan fingerprint density at radius 1 is 0.927 bits per heavy atom. The summed E-state index contributed by atoms with van der Waals surface area (Å²) in [5, 5.41) is 6.54. The molecule has 2 amide bonds. The van der Waals surface area contributed by atoms with Gasteiger partial charge in [-0.1, -0.05) is 62.9 Å². The molecule has 2 N–H and O–H groups in total. The van der Waals surface area contributed by atoms with Crippen LogP contribution in [0.15, 0.2) is 83.3 Å². The highest BCUT2D eigenvalue weighted by atomic mass is 32.2. The molecule has 216 valence electrons. The summed E-state index contributed by atoms with van der Waals surface area (Å²) in [5.74, 6) is -0.651. The third-order valence-corrected chi connectivity index (χ3v) is 7.68. The maximum atomic E-state index is 13.4. The molecule has 8 nitrogen and oxygen atoms in total. The number of anilines is 1. The van der Waals surface area contributed by atoms with Crippen molar-refractivity contribution in [2.24, 2.45) is 5.92 Å². The SMILES string of the molecule is CCCCCCC(Cc1ccc(C(=O)NCCS(=O)(=O)[O-])cc1)C(=O)Nc1ccc(-c2cc3ccccc3o2)cc1. The molecule has 0 aliphatic rings. The number of carbonyl (C=O) groups excluding carboxylic acids is 2. The number of amides is 2. The van der Waals surface area contributed by atoms with E-state index in [2.05, 4.69) is 17.6 Å². The Hall–Kier alpha value is -3.95. The van der Waals surface area contributed by atoms with Crippen molar-refractivity contribution in [3.63, 3.8) is 0 Å². The minimum atomic E-state index is -4.39. The summed E-state index contributed by atoms with van der Waals surface area (Å²) in [6.45, 7) is 1.90. The average Bonchev–Trinajstić information content (AvgIpc) is 3.39. The summed E-state index contributed by atoms with van der Waals surface area (Å²) in [6, 6.07) is 24.3. The van der Waals surface area contributed by atoms with E-state index < -0.39 is 21.8 Å². The molecular formula is C32H35N2O6S-. The van der Waals surface area contributed by atoms with Crippen molar-refractivity contribution in [1.82, 2.24) is 5.32 Å². The lowest BCUT2D eigenvalue weighted by molar-refractivity contribution is -0.120. The fraction of sp³-hybridized carbons (Fsp3) is 0.312. The van der Waals surface area contributed by atoms with Gasteiger partial charge < -0.3 is 19.6 Å². The van der Waals surface area contributed by atoms with Gasteiger partial charge in [0.2, 0.25) is 5.91 Å². The zero-order chi connectivity index (χ0) is 29.2. The zero-order valence-electron chi connectivity index (χ0n) is 23.1. The first kappa shape index (κ1) is 30.0. The monoisotopic (exact) mass is 575 g/mol. The number of rotatable bonds is 14. The van der Waals surface area contributed by atoms with Gasteiger partial charge in [-0.2, -0.15) is 0 Å². The molecule has 1 atom stereocenters. The number of hydrogen-bond acceptors (Lipinski definition) is 6. The Morgan fingerprint density at radius 2 is 1.66 bits per heavy atom. The van der Waals surface area contributed by atoms with E-state index in [0.717, 1.165) is 60.0 Å². The molecule has 0 saturated heterocycles. The van der Waals surface area contributed by atoms with E-state index in [1.165, 1.54) is 0 Å². The van der Waals surface area contributed by atoms with Gasteiger partial charge in [0.15, 0.2) is 0 Å². The van der Waals surface area contributed by atoms with Crippen LogP contribution in [0.2, 0.25) is 0 Å². The van der Waals surface area contributed by atoms with E-state index in [1.54, 1.807) is 24.3 Å². The van der Waals surface area contributed by atoms with E-state index in [9.17, 15) is 22.6 Å². The Morgan fingerprint density at radius 3 is 2.34 bits per heavy atom. The van der Waals surface area contributed by atoms with Crippen LogP contribution in [-0.4, -0.2) is 37.1 Å². The summed E-state index contributed by atoms with van der Waals surface area (Å²) >= 11 is 0. The van der Waals surface area contributed by atoms with Crippen molar-refractivity contribution in [1.29, 1.82) is 0 Å². The van der Waals surface area contributed by atoms with E-state index in [0.29, 0.717) is 17.7 Å². The molecule has 1 unspecified atom stereocenters. The van der Waals surface area contributed by atoms with Crippen LogP contribution in [0.5, 0.6) is 0 Å². The van der Waals surface area contributed by atoms with Gasteiger partial charge in [0.25, 0.3) is 5.91 Å². The van der Waals surface area contributed by atoms with Gasteiger partial charge in [-0.15, -0.1) is 0 Å². The second-order valence-corrected chi connectivity index (χ2v) is 11.7. The van der Waals surface area contributed by atoms with E-state index in [1.807, 2.05) is 54.6 Å². The molecular weight excluding hydrogens is 540 g/mol. The molecule has 0 fully saturated rings. The summed E-state index contributed by atoms with van der Waals surface area (Å²) in [4.78, 5) is 25.6. The Labute approximate surface area is 240 Å². The van der Waals surface area contributed by atoms with Crippen molar-refractivity contribution in [3.05, 3.63) is 90.0 Å². The minimum Gasteiger partial charge on any atom is -0.748 e. The Kier molecular flexibility index (Phi) is 10.3. The highest BCUT2D eigenvalue weighted by molar-refractivity contribution is 7.85. The zero-order valence-corrected chi connectivity index (χ0v) is 23.9. The van der Waals surface area contributed by atoms with Crippen LogP contribution in [-0.2, 0) is 21.3 Å². The number of unbranched alkanes of at least 4 members (excludes halogenated alkanes) is 3. The number of benzene rings is 3. The number of nitrogens with one attached hydrogen (secondary N) is 2. The summed E-state index contributed by atoms with van der Waals surface area (Å²) in [6.07, 6.45) is 5.50. The highest BCUT2D eigenvalue weighted by Gasteiger charge is 2.20. The van der Waals surface area contributed by atoms with Gasteiger partial charge in [0.1, 0.15) is 11.3 Å². The first-order valence-electron chi connectivity index (χ1n) is 13.9. The van der Waals surface area contributed by atoms with E-state index >= 15 is 0 Å². The molecule has 41 heavy (non-hydrogen) atoms. The smallest absolute Gasteiger partial charge is 0.251 e.